The van der Waals surface area contributed by atoms with E-state index in [1.54, 1.807) is 13.0 Å². The molecule has 0 saturated carbocycles. The highest BCUT2D eigenvalue weighted by atomic mass is 19.3. The number of carbonyl (C=O) groups is 1. The van der Waals surface area contributed by atoms with Crippen molar-refractivity contribution in [3.63, 3.8) is 0 Å². The van der Waals surface area contributed by atoms with E-state index in [2.05, 4.69) is 10.2 Å². The molecular weight excluding hydrogens is 308 g/mol. The van der Waals surface area contributed by atoms with Gasteiger partial charge in [-0.05, 0) is 19.9 Å². The Morgan fingerprint density at radius 2 is 2.05 bits per heavy atom. The Morgan fingerprint density at radius 1 is 1.41 bits per heavy atom. The van der Waals surface area contributed by atoms with Crippen LogP contribution in [0, 0.1) is 6.92 Å². The number of aliphatic hydroxyl groups is 1. The maximum absolute atomic E-state index is 13.1. The number of amides is 1. The van der Waals surface area contributed by atoms with E-state index in [4.69, 9.17) is 0 Å². The molecule has 1 amide bonds. The SMILES string of the molecule is Cc1ccn([C@H](C)C(=O)N2N=C(C(F)F)C[C@]2(O)C(F)F)n1. The zero-order chi connectivity index (χ0) is 16.7. The minimum absolute atomic E-state index is 0.0425. The smallest absolute Gasteiger partial charge is 0.287 e. The summed E-state index contributed by atoms with van der Waals surface area (Å²) in [6.07, 6.45) is -6.24. The summed E-state index contributed by atoms with van der Waals surface area (Å²) in [5, 5.41) is 17.1. The van der Waals surface area contributed by atoms with Crippen LogP contribution in [0.2, 0.25) is 0 Å². The fraction of sp³-hybridized carbons (Fsp3) is 0.583. The molecule has 122 valence electrons. The fourth-order valence-electron chi connectivity index (χ4n) is 2.06. The third kappa shape index (κ3) is 2.70. The van der Waals surface area contributed by atoms with Crippen LogP contribution in [0.4, 0.5) is 17.6 Å². The summed E-state index contributed by atoms with van der Waals surface area (Å²) < 4.78 is 52.6. The molecule has 2 heterocycles. The summed E-state index contributed by atoms with van der Waals surface area (Å²) in [6.45, 7) is 3.00. The van der Waals surface area contributed by atoms with E-state index in [9.17, 15) is 27.5 Å². The molecule has 0 unspecified atom stereocenters. The zero-order valence-corrected chi connectivity index (χ0v) is 11.8. The quantitative estimate of drug-likeness (QED) is 0.855. The summed E-state index contributed by atoms with van der Waals surface area (Å²) in [7, 11) is 0. The first-order valence-corrected chi connectivity index (χ1v) is 6.38. The molecule has 1 aliphatic rings. The first-order valence-electron chi connectivity index (χ1n) is 6.38. The number of rotatable bonds is 4. The molecule has 0 aromatic carbocycles. The van der Waals surface area contributed by atoms with E-state index in [0.717, 1.165) is 0 Å². The molecule has 0 aliphatic carbocycles. The van der Waals surface area contributed by atoms with Crippen molar-refractivity contribution in [2.45, 2.75) is 44.9 Å². The van der Waals surface area contributed by atoms with E-state index in [1.165, 1.54) is 17.8 Å². The van der Waals surface area contributed by atoms with Crippen LogP contribution >= 0.6 is 0 Å². The zero-order valence-electron chi connectivity index (χ0n) is 11.8. The third-order valence-corrected chi connectivity index (χ3v) is 3.34. The standard InChI is InChI=1S/C12H14F4N4O2/c1-6-3-4-19(17-6)7(2)10(21)20-12(22,11(15)16)5-8(18-20)9(13)14/h3-4,7,9,11,22H,5H2,1-2H3/t7-,12+/m1/s1. The minimum Gasteiger partial charge on any atom is -0.364 e. The summed E-state index contributed by atoms with van der Waals surface area (Å²) in [6, 6.07) is 0.501. The van der Waals surface area contributed by atoms with Crippen LogP contribution in [0.3, 0.4) is 0 Å². The summed E-state index contributed by atoms with van der Waals surface area (Å²) in [5.41, 5.74) is -3.44. The van der Waals surface area contributed by atoms with Gasteiger partial charge in [0, 0.05) is 12.6 Å². The van der Waals surface area contributed by atoms with Crippen molar-refractivity contribution in [1.29, 1.82) is 0 Å². The Balaban J connectivity index is 2.32. The van der Waals surface area contributed by atoms with Gasteiger partial charge in [-0.25, -0.2) is 17.6 Å². The van der Waals surface area contributed by atoms with Crippen molar-refractivity contribution < 1.29 is 27.5 Å². The molecule has 0 bridgehead atoms. The van der Waals surface area contributed by atoms with Crippen LogP contribution in [-0.4, -0.2) is 50.1 Å². The molecule has 10 heteroatoms. The van der Waals surface area contributed by atoms with Gasteiger partial charge in [0.15, 0.2) is 0 Å². The summed E-state index contributed by atoms with van der Waals surface area (Å²) >= 11 is 0. The molecule has 0 fully saturated rings. The maximum atomic E-state index is 13.1. The van der Waals surface area contributed by atoms with Crippen molar-refractivity contribution >= 4 is 11.6 Å². The Labute approximate surface area is 123 Å². The van der Waals surface area contributed by atoms with Crippen LogP contribution in [0.15, 0.2) is 17.4 Å². The average Bonchev–Trinajstić information content (AvgIpc) is 3.02. The number of hydrogen-bond acceptors (Lipinski definition) is 4. The van der Waals surface area contributed by atoms with Gasteiger partial charge in [-0.3, -0.25) is 9.48 Å². The van der Waals surface area contributed by atoms with Gasteiger partial charge in [-0.1, -0.05) is 0 Å². The normalized spacial score (nSPS) is 23.3. The van der Waals surface area contributed by atoms with Crippen LogP contribution in [0.25, 0.3) is 0 Å². The number of carbonyl (C=O) groups excluding carboxylic acids is 1. The largest absolute Gasteiger partial charge is 0.364 e. The fourth-order valence-corrected chi connectivity index (χ4v) is 2.06. The van der Waals surface area contributed by atoms with Gasteiger partial charge < -0.3 is 5.11 Å². The highest BCUT2D eigenvalue weighted by Crippen LogP contribution is 2.34. The molecule has 6 nitrogen and oxygen atoms in total. The lowest BCUT2D eigenvalue weighted by Crippen LogP contribution is -2.53. The van der Waals surface area contributed by atoms with Crippen LogP contribution in [-0.2, 0) is 4.79 Å². The van der Waals surface area contributed by atoms with Crippen molar-refractivity contribution in [2.24, 2.45) is 5.10 Å². The van der Waals surface area contributed by atoms with Crippen LogP contribution in [0.5, 0.6) is 0 Å². The molecule has 1 N–H and O–H groups in total. The van der Waals surface area contributed by atoms with Gasteiger partial charge in [0.05, 0.1) is 5.69 Å². The minimum atomic E-state index is -3.44. The Hall–Kier alpha value is -1.97. The lowest BCUT2D eigenvalue weighted by atomic mass is 10.1. The van der Waals surface area contributed by atoms with E-state index in [-0.39, 0.29) is 5.01 Å². The second-order valence-electron chi connectivity index (χ2n) is 5.01. The summed E-state index contributed by atoms with van der Waals surface area (Å²) in [4.78, 5) is 12.3. The topological polar surface area (TPSA) is 70.7 Å². The van der Waals surface area contributed by atoms with Gasteiger partial charge in [0.1, 0.15) is 11.8 Å². The van der Waals surface area contributed by atoms with Crippen molar-refractivity contribution in [3.8, 4) is 0 Å². The Morgan fingerprint density at radius 3 is 2.50 bits per heavy atom. The average molecular weight is 322 g/mol. The second-order valence-corrected chi connectivity index (χ2v) is 5.01. The predicted octanol–water partition coefficient (Wildman–Crippen LogP) is 1.56. The third-order valence-electron chi connectivity index (χ3n) is 3.34. The molecule has 1 aromatic heterocycles. The number of aromatic nitrogens is 2. The maximum Gasteiger partial charge on any atom is 0.287 e. The Bertz CT molecular complexity index is 604. The van der Waals surface area contributed by atoms with E-state index in [0.29, 0.717) is 5.69 Å². The molecule has 1 aliphatic heterocycles. The van der Waals surface area contributed by atoms with Gasteiger partial charge in [-0.15, -0.1) is 0 Å². The number of nitrogens with zero attached hydrogens (tertiary/aromatic N) is 4. The first kappa shape index (κ1) is 16.4. The number of aryl methyl sites for hydroxylation is 1. The van der Waals surface area contributed by atoms with Gasteiger partial charge in [0.25, 0.3) is 18.8 Å². The molecule has 1 aromatic rings. The lowest BCUT2D eigenvalue weighted by Gasteiger charge is -2.31. The number of alkyl halides is 4. The molecule has 22 heavy (non-hydrogen) atoms. The van der Waals surface area contributed by atoms with E-state index < -0.39 is 42.7 Å². The molecule has 2 rings (SSSR count). The number of hydrazone groups is 1. The van der Waals surface area contributed by atoms with Gasteiger partial charge in [0.2, 0.25) is 5.72 Å². The Kier molecular flexibility index (Phi) is 4.23. The lowest BCUT2D eigenvalue weighted by molar-refractivity contribution is -0.194. The monoisotopic (exact) mass is 322 g/mol. The van der Waals surface area contributed by atoms with Gasteiger partial charge >= 0.3 is 0 Å². The van der Waals surface area contributed by atoms with Crippen molar-refractivity contribution in [1.82, 2.24) is 14.8 Å². The molecule has 0 radical (unpaired) electrons. The van der Waals surface area contributed by atoms with E-state index in [1.807, 2.05) is 0 Å². The molecule has 2 atom stereocenters. The second kappa shape index (κ2) is 5.67. The number of halogens is 4. The first-order chi connectivity index (χ1) is 10.2. The predicted molar refractivity (Wildman–Crippen MR) is 67.5 cm³/mol. The van der Waals surface area contributed by atoms with Gasteiger partial charge in [-0.2, -0.15) is 15.2 Å². The number of hydrogen-bond donors (Lipinski definition) is 1. The molecule has 0 spiro atoms. The highest BCUT2D eigenvalue weighted by molar-refractivity contribution is 5.93. The van der Waals surface area contributed by atoms with Crippen LogP contribution in [0.1, 0.15) is 25.1 Å². The highest BCUT2D eigenvalue weighted by Gasteiger charge is 2.54. The van der Waals surface area contributed by atoms with Crippen molar-refractivity contribution in [2.75, 3.05) is 0 Å². The van der Waals surface area contributed by atoms with Crippen LogP contribution < -0.4 is 0 Å². The molecular formula is C12H14F4N4O2. The molecule has 0 saturated heterocycles. The van der Waals surface area contributed by atoms with Crippen molar-refractivity contribution in [3.05, 3.63) is 18.0 Å². The van der Waals surface area contributed by atoms with E-state index >= 15 is 0 Å². The summed E-state index contributed by atoms with van der Waals surface area (Å²) in [5.74, 6) is -1.05.